The van der Waals surface area contributed by atoms with Crippen LogP contribution in [0.2, 0.25) is 0 Å². The highest BCUT2D eigenvalue weighted by Crippen LogP contribution is 2.47. The molecule has 2 saturated heterocycles. The first kappa shape index (κ1) is 28.3. The van der Waals surface area contributed by atoms with Crippen molar-refractivity contribution in [2.75, 3.05) is 17.6 Å². The number of aliphatic hydroxyl groups excluding tert-OH is 1. The van der Waals surface area contributed by atoms with Gasteiger partial charge in [0.25, 0.3) is 5.91 Å². The van der Waals surface area contributed by atoms with E-state index in [1.165, 1.54) is 6.08 Å². The number of pyridine rings is 1. The van der Waals surface area contributed by atoms with E-state index in [1.807, 2.05) is 30.1 Å². The molecule has 3 aromatic heterocycles. The van der Waals surface area contributed by atoms with Gasteiger partial charge >= 0.3 is 6.09 Å². The molecule has 0 radical (unpaired) electrons. The summed E-state index contributed by atoms with van der Waals surface area (Å²) >= 11 is 0. The first-order valence-electron chi connectivity index (χ1n) is 14.1. The Kier molecular flexibility index (Phi) is 7.10. The van der Waals surface area contributed by atoms with Crippen LogP contribution in [0.15, 0.2) is 73.7 Å². The lowest BCUT2D eigenvalue weighted by Crippen LogP contribution is -2.54. The van der Waals surface area contributed by atoms with E-state index in [0.29, 0.717) is 41.4 Å². The number of likely N-dealkylation sites (tertiary alicyclic amines) is 2. The molecule has 2 fully saturated rings. The molecule has 3 unspecified atom stereocenters. The highest BCUT2D eigenvalue weighted by Gasteiger charge is 2.56. The molecule has 4 atom stereocenters. The molecule has 43 heavy (non-hydrogen) atoms. The van der Waals surface area contributed by atoms with E-state index in [2.05, 4.69) is 21.9 Å². The van der Waals surface area contributed by atoms with Crippen LogP contribution in [0.5, 0.6) is 0 Å². The first-order valence-corrected chi connectivity index (χ1v) is 14.1. The number of ether oxygens (including phenoxy) is 1. The van der Waals surface area contributed by atoms with Gasteiger partial charge in [0, 0.05) is 42.3 Å². The summed E-state index contributed by atoms with van der Waals surface area (Å²) in [6.07, 6.45) is 5.74. The van der Waals surface area contributed by atoms with Crippen LogP contribution in [-0.2, 0) is 4.74 Å². The Morgan fingerprint density at radius 1 is 1.16 bits per heavy atom. The van der Waals surface area contributed by atoms with Crippen molar-refractivity contribution in [3.63, 3.8) is 0 Å². The SMILES string of the molecule is C=CC(O)N1C2C[C@@H](C1c1nc(-c3ccc(C(=O)Nc4ccccn4)cc3)c3c(N)nccn13)N(C(=O)OC(C)(C)C)C2. The number of nitrogens with two attached hydrogens (primary N) is 1. The summed E-state index contributed by atoms with van der Waals surface area (Å²) in [5.41, 5.74) is 8.08. The fourth-order valence-corrected chi connectivity index (χ4v) is 6.02. The predicted octanol–water partition coefficient (Wildman–Crippen LogP) is 3.86. The number of aromatic nitrogens is 4. The van der Waals surface area contributed by atoms with Crippen molar-refractivity contribution in [3.8, 4) is 11.3 Å². The molecule has 2 amide bonds. The normalized spacial score (nSPS) is 20.7. The average molecular weight is 583 g/mol. The topological polar surface area (TPSA) is 151 Å². The third-order valence-corrected chi connectivity index (χ3v) is 7.77. The van der Waals surface area contributed by atoms with Gasteiger partial charge in [-0.25, -0.2) is 19.7 Å². The number of nitrogens with one attached hydrogen (secondary N) is 1. The number of rotatable bonds is 6. The summed E-state index contributed by atoms with van der Waals surface area (Å²) in [5, 5.41) is 13.8. The molecular weight excluding hydrogens is 548 g/mol. The molecule has 5 heterocycles. The third-order valence-electron chi connectivity index (χ3n) is 7.77. The minimum Gasteiger partial charge on any atom is -0.444 e. The van der Waals surface area contributed by atoms with Gasteiger partial charge in [0.15, 0.2) is 0 Å². The van der Waals surface area contributed by atoms with Crippen LogP contribution < -0.4 is 11.1 Å². The second kappa shape index (κ2) is 10.8. The molecule has 2 bridgehead atoms. The Morgan fingerprint density at radius 2 is 1.93 bits per heavy atom. The smallest absolute Gasteiger partial charge is 0.410 e. The van der Waals surface area contributed by atoms with E-state index in [1.54, 1.807) is 66.0 Å². The number of nitrogens with zero attached hydrogens (tertiary/aromatic N) is 6. The number of piperazine rings is 1. The molecule has 6 rings (SSSR count). The predicted molar refractivity (Wildman–Crippen MR) is 161 cm³/mol. The number of fused-ring (bicyclic) bond motifs is 3. The van der Waals surface area contributed by atoms with Crippen molar-refractivity contribution in [3.05, 3.63) is 85.1 Å². The minimum atomic E-state index is -0.951. The molecule has 12 heteroatoms. The number of amides is 2. The molecule has 222 valence electrons. The van der Waals surface area contributed by atoms with Gasteiger partial charge in [0.05, 0.1) is 12.1 Å². The second-order valence-corrected chi connectivity index (χ2v) is 11.7. The summed E-state index contributed by atoms with van der Waals surface area (Å²) in [4.78, 5) is 43.2. The number of imidazole rings is 1. The minimum absolute atomic E-state index is 0.123. The van der Waals surface area contributed by atoms with Crippen LogP contribution in [0.1, 0.15) is 49.4 Å². The highest BCUT2D eigenvalue weighted by molar-refractivity contribution is 6.04. The van der Waals surface area contributed by atoms with Gasteiger partial charge in [-0.05, 0) is 57.5 Å². The lowest BCUT2D eigenvalue weighted by molar-refractivity contribution is -0.0474. The summed E-state index contributed by atoms with van der Waals surface area (Å²) in [6.45, 7) is 9.73. The number of nitrogen functional groups attached to an aromatic ring is 1. The molecule has 2 aliphatic heterocycles. The highest BCUT2D eigenvalue weighted by atomic mass is 16.6. The maximum absolute atomic E-state index is 13.2. The number of carbonyl (C=O) groups excluding carboxylic acids is 2. The van der Waals surface area contributed by atoms with Crippen molar-refractivity contribution in [1.29, 1.82) is 0 Å². The summed E-state index contributed by atoms with van der Waals surface area (Å²) in [7, 11) is 0. The molecular formula is C31H34N8O4. The number of hydrogen-bond acceptors (Lipinski definition) is 9. The van der Waals surface area contributed by atoms with Gasteiger partial charge in [0.2, 0.25) is 0 Å². The lowest BCUT2D eigenvalue weighted by Gasteiger charge is -2.41. The van der Waals surface area contributed by atoms with Gasteiger partial charge in [-0.3, -0.25) is 14.1 Å². The maximum Gasteiger partial charge on any atom is 0.410 e. The fourth-order valence-electron chi connectivity index (χ4n) is 6.02. The zero-order chi connectivity index (χ0) is 30.5. The maximum atomic E-state index is 13.2. The Balaban J connectivity index is 1.39. The van der Waals surface area contributed by atoms with Crippen molar-refractivity contribution in [1.82, 2.24) is 29.2 Å². The Bertz CT molecular complexity index is 1680. The van der Waals surface area contributed by atoms with Gasteiger partial charge in [-0.1, -0.05) is 24.8 Å². The van der Waals surface area contributed by atoms with Crippen LogP contribution in [0.3, 0.4) is 0 Å². The van der Waals surface area contributed by atoms with E-state index in [4.69, 9.17) is 15.5 Å². The van der Waals surface area contributed by atoms with Crippen LogP contribution in [0, 0.1) is 0 Å². The summed E-state index contributed by atoms with van der Waals surface area (Å²) in [5.74, 6) is 1.03. The van der Waals surface area contributed by atoms with E-state index in [-0.39, 0.29) is 23.8 Å². The Morgan fingerprint density at radius 3 is 2.60 bits per heavy atom. The van der Waals surface area contributed by atoms with Crippen LogP contribution >= 0.6 is 0 Å². The molecule has 0 aliphatic carbocycles. The molecule has 4 aromatic rings. The van der Waals surface area contributed by atoms with E-state index >= 15 is 0 Å². The van der Waals surface area contributed by atoms with E-state index in [0.717, 1.165) is 5.56 Å². The molecule has 4 N–H and O–H groups in total. The van der Waals surface area contributed by atoms with Crippen molar-refractivity contribution < 1.29 is 19.4 Å². The van der Waals surface area contributed by atoms with Gasteiger partial charge < -0.3 is 25.8 Å². The third kappa shape index (κ3) is 5.19. The molecule has 0 spiro atoms. The summed E-state index contributed by atoms with van der Waals surface area (Å²) in [6, 6.07) is 11.4. The second-order valence-electron chi connectivity index (χ2n) is 11.7. The number of aliphatic hydroxyl groups is 1. The molecule has 2 aliphatic rings. The fraction of sp³-hybridized carbons (Fsp3) is 0.323. The molecule has 0 saturated carbocycles. The zero-order valence-corrected chi connectivity index (χ0v) is 24.2. The Hall–Kier alpha value is -4.81. The van der Waals surface area contributed by atoms with Crippen LogP contribution in [0.4, 0.5) is 16.4 Å². The largest absolute Gasteiger partial charge is 0.444 e. The Labute approximate surface area is 248 Å². The van der Waals surface area contributed by atoms with Crippen LogP contribution in [-0.4, -0.2) is 76.7 Å². The molecule has 1 aromatic carbocycles. The van der Waals surface area contributed by atoms with Crippen molar-refractivity contribution in [2.45, 2.75) is 57.1 Å². The van der Waals surface area contributed by atoms with Gasteiger partial charge in [-0.15, -0.1) is 0 Å². The number of benzene rings is 1. The quantitative estimate of drug-likeness (QED) is 0.288. The number of anilines is 2. The lowest BCUT2D eigenvalue weighted by atomic mass is 10.1. The number of carbonyl (C=O) groups is 2. The van der Waals surface area contributed by atoms with Crippen LogP contribution in [0.25, 0.3) is 16.8 Å². The number of hydrogen-bond donors (Lipinski definition) is 3. The van der Waals surface area contributed by atoms with Gasteiger partial charge in [-0.2, -0.15) is 0 Å². The van der Waals surface area contributed by atoms with E-state index in [9.17, 15) is 14.7 Å². The van der Waals surface area contributed by atoms with E-state index < -0.39 is 24.0 Å². The monoisotopic (exact) mass is 582 g/mol. The standard InChI is InChI=1S/C31H34N8O4/c1-5-23(40)39-20-16-21(38(17-20)30(42)43-31(2,3)4)25(39)28-36-24(26-27(32)34-14-15-37(26)28)18-9-11-19(12-10-18)29(41)35-22-8-6-7-13-33-22/h5-15,20-21,23,25,40H,1,16-17H2,2-4H3,(H2,32,34)(H,33,35,41)/t20?,21-,23?,25?/m0/s1. The van der Waals surface area contributed by atoms with Crippen molar-refractivity contribution in [2.24, 2.45) is 0 Å². The van der Waals surface area contributed by atoms with Crippen molar-refractivity contribution >= 4 is 29.2 Å². The van der Waals surface area contributed by atoms with Gasteiger partial charge in [0.1, 0.15) is 40.5 Å². The zero-order valence-electron chi connectivity index (χ0n) is 24.2. The first-order chi connectivity index (χ1) is 20.6. The molecule has 12 nitrogen and oxygen atoms in total. The average Bonchev–Trinajstić information content (AvgIpc) is 3.69. The summed E-state index contributed by atoms with van der Waals surface area (Å²) < 4.78 is 7.58.